The Kier molecular flexibility index (Phi) is 6.45. The number of hydrogen-bond acceptors (Lipinski definition) is 6. The van der Waals surface area contributed by atoms with Crippen molar-refractivity contribution < 1.29 is 14.3 Å². The summed E-state index contributed by atoms with van der Waals surface area (Å²) in [4.78, 5) is 34.1. The Morgan fingerprint density at radius 1 is 1.17 bits per heavy atom. The van der Waals surface area contributed by atoms with Gasteiger partial charge in [0.1, 0.15) is 6.04 Å². The predicted octanol–water partition coefficient (Wildman–Crippen LogP) is 3.42. The summed E-state index contributed by atoms with van der Waals surface area (Å²) in [7, 11) is 0. The molecule has 1 aromatic heterocycles. The number of aromatic nitrogens is 1. The molecule has 2 aliphatic rings. The second-order valence-corrected chi connectivity index (χ2v) is 9.01. The highest BCUT2D eigenvalue weighted by Crippen LogP contribution is 2.33. The summed E-state index contributed by atoms with van der Waals surface area (Å²) < 4.78 is 6.43. The third kappa shape index (κ3) is 4.61. The van der Waals surface area contributed by atoms with E-state index in [1.807, 2.05) is 13.0 Å². The van der Waals surface area contributed by atoms with Gasteiger partial charge in [0.25, 0.3) is 0 Å². The van der Waals surface area contributed by atoms with Crippen molar-refractivity contribution >= 4 is 33.4 Å². The summed E-state index contributed by atoms with van der Waals surface area (Å²) in [6, 6.07) is 7.84. The van der Waals surface area contributed by atoms with Crippen LogP contribution in [0.15, 0.2) is 24.3 Å². The minimum absolute atomic E-state index is 0.0488. The van der Waals surface area contributed by atoms with Crippen LogP contribution in [0.4, 0.5) is 0 Å². The molecule has 0 N–H and O–H groups in total. The number of para-hydroxylation sites is 1. The minimum Gasteiger partial charge on any atom is -0.464 e. The lowest BCUT2D eigenvalue weighted by Crippen LogP contribution is -2.52. The van der Waals surface area contributed by atoms with Crippen LogP contribution >= 0.6 is 11.3 Å². The average molecular weight is 416 g/mol. The molecule has 2 aromatic rings. The van der Waals surface area contributed by atoms with Crippen molar-refractivity contribution in [2.75, 3.05) is 32.8 Å². The van der Waals surface area contributed by atoms with E-state index in [0.717, 1.165) is 44.3 Å². The van der Waals surface area contributed by atoms with Gasteiger partial charge in [0.2, 0.25) is 5.91 Å². The van der Waals surface area contributed by atoms with Crippen LogP contribution in [0.3, 0.4) is 0 Å². The van der Waals surface area contributed by atoms with Crippen LogP contribution in [0.2, 0.25) is 0 Å². The van der Waals surface area contributed by atoms with Crippen LogP contribution in [-0.2, 0) is 14.3 Å². The summed E-state index contributed by atoms with van der Waals surface area (Å²) in [6.45, 7) is 4.96. The maximum atomic E-state index is 13.0. The Bertz CT molecular complexity index is 835. The van der Waals surface area contributed by atoms with E-state index in [9.17, 15) is 9.59 Å². The van der Waals surface area contributed by atoms with Crippen LogP contribution in [0.25, 0.3) is 10.2 Å². The van der Waals surface area contributed by atoms with E-state index in [-0.39, 0.29) is 11.9 Å². The molecule has 6 nitrogen and oxygen atoms in total. The van der Waals surface area contributed by atoms with Gasteiger partial charge in [-0.25, -0.2) is 9.78 Å². The number of benzene rings is 1. The molecular formula is C22H29N3O3S. The molecule has 2 atom stereocenters. The first kappa shape index (κ1) is 20.3. The van der Waals surface area contributed by atoms with Crippen molar-refractivity contribution in [3.8, 4) is 0 Å². The van der Waals surface area contributed by atoms with Crippen molar-refractivity contribution in [3.05, 3.63) is 29.3 Å². The molecule has 4 rings (SSSR count). The molecule has 0 bridgehead atoms. The van der Waals surface area contributed by atoms with E-state index in [0.29, 0.717) is 32.0 Å². The number of piperidine rings is 2. The number of rotatable bonds is 5. The predicted molar refractivity (Wildman–Crippen MR) is 114 cm³/mol. The third-order valence-corrected chi connectivity index (χ3v) is 7.10. The third-order valence-electron chi connectivity index (χ3n) is 5.91. The fraction of sp³-hybridized carbons (Fsp3) is 0.591. The molecule has 2 fully saturated rings. The smallest absolute Gasteiger partial charge is 0.328 e. The van der Waals surface area contributed by atoms with Gasteiger partial charge >= 0.3 is 5.97 Å². The summed E-state index contributed by atoms with van der Waals surface area (Å²) in [6.07, 6.45) is 4.81. The number of hydrogen-bond donors (Lipinski definition) is 0. The zero-order chi connectivity index (χ0) is 20.2. The maximum absolute atomic E-state index is 13.0. The van der Waals surface area contributed by atoms with E-state index < -0.39 is 6.04 Å². The lowest BCUT2D eigenvalue weighted by Gasteiger charge is -2.37. The zero-order valence-corrected chi connectivity index (χ0v) is 17.8. The molecule has 29 heavy (non-hydrogen) atoms. The van der Waals surface area contributed by atoms with Crippen molar-refractivity contribution in [2.45, 2.75) is 51.0 Å². The fourth-order valence-electron chi connectivity index (χ4n) is 4.46. The number of carbonyl (C=O) groups is 2. The van der Waals surface area contributed by atoms with Crippen LogP contribution < -0.4 is 0 Å². The normalized spacial score (nSPS) is 23.3. The zero-order valence-electron chi connectivity index (χ0n) is 17.0. The summed E-state index contributed by atoms with van der Waals surface area (Å²) in [5.41, 5.74) is 1.06. The quantitative estimate of drug-likeness (QED) is 0.700. The van der Waals surface area contributed by atoms with E-state index in [1.54, 1.807) is 16.2 Å². The number of amides is 1. The number of ether oxygens (including phenoxy) is 1. The average Bonchev–Trinajstić information content (AvgIpc) is 3.18. The number of fused-ring (bicyclic) bond motifs is 1. The van der Waals surface area contributed by atoms with E-state index >= 15 is 0 Å². The van der Waals surface area contributed by atoms with Gasteiger partial charge in [-0.15, -0.1) is 11.3 Å². The highest BCUT2D eigenvalue weighted by Gasteiger charge is 2.34. The highest BCUT2D eigenvalue weighted by atomic mass is 32.1. The van der Waals surface area contributed by atoms with Crippen LogP contribution in [-0.4, -0.2) is 65.5 Å². The molecule has 0 saturated carbocycles. The number of carbonyl (C=O) groups excluding carboxylic acids is 2. The second-order valence-electron chi connectivity index (χ2n) is 7.94. The molecule has 2 aliphatic heterocycles. The van der Waals surface area contributed by atoms with E-state index in [2.05, 4.69) is 23.1 Å². The van der Waals surface area contributed by atoms with Crippen molar-refractivity contribution in [1.29, 1.82) is 0 Å². The Morgan fingerprint density at radius 3 is 2.86 bits per heavy atom. The van der Waals surface area contributed by atoms with Gasteiger partial charge < -0.3 is 9.64 Å². The summed E-state index contributed by atoms with van der Waals surface area (Å²) in [5.74, 6) is 0.162. The summed E-state index contributed by atoms with van der Waals surface area (Å²) >= 11 is 1.77. The number of esters is 1. The lowest BCUT2D eigenvalue weighted by molar-refractivity contribution is -0.157. The number of nitrogens with zero attached hydrogens (tertiary/aromatic N) is 3. The molecule has 1 aromatic carbocycles. The largest absolute Gasteiger partial charge is 0.464 e. The number of thiazole rings is 1. The Labute approximate surface area is 175 Å². The molecule has 0 aliphatic carbocycles. The van der Waals surface area contributed by atoms with Gasteiger partial charge in [-0.05, 0) is 57.7 Å². The van der Waals surface area contributed by atoms with Gasteiger partial charge in [0, 0.05) is 19.0 Å². The molecule has 2 saturated heterocycles. The standard InChI is InChI=1S/C22H29N3O3S/c1-2-28-22(27)18-10-5-6-13-25(18)20(26)15-24-12-7-8-16(14-24)21-23-17-9-3-4-11-19(17)29-21/h3-4,9,11,16,18H,2,5-8,10,12-15H2,1H3/t16-,18+/m0/s1. The molecule has 3 heterocycles. The molecule has 0 radical (unpaired) electrons. The first-order valence-corrected chi connectivity index (χ1v) is 11.5. The van der Waals surface area contributed by atoms with Crippen molar-refractivity contribution in [3.63, 3.8) is 0 Å². The van der Waals surface area contributed by atoms with Gasteiger partial charge in [0.15, 0.2) is 0 Å². The van der Waals surface area contributed by atoms with Gasteiger partial charge in [-0.2, -0.15) is 0 Å². The van der Waals surface area contributed by atoms with Crippen LogP contribution in [0.5, 0.6) is 0 Å². The SMILES string of the molecule is CCOC(=O)[C@H]1CCCCN1C(=O)CN1CCC[C@H](c2nc3ccccc3s2)C1. The lowest BCUT2D eigenvalue weighted by atomic mass is 9.98. The Morgan fingerprint density at radius 2 is 2.03 bits per heavy atom. The van der Waals surface area contributed by atoms with Crippen molar-refractivity contribution in [1.82, 2.24) is 14.8 Å². The first-order valence-electron chi connectivity index (χ1n) is 10.7. The molecule has 1 amide bonds. The fourth-order valence-corrected chi connectivity index (χ4v) is 5.55. The molecular weight excluding hydrogens is 386 g/mol. The highest BCUT2D eigenvalue weighted by molar-refractivity contribution is 7.18. The monoisotopic (exact) mass is 415 g/mol. The Balaban J connectivity index is 1.40. The maximum Gasteiger partial charge on any atom is 0.328 e. The van der Waals surface area contributed by atoms with Gasteiger partial charge in [0.05, 0.1) is 28.4 Å². The van der Waals surface area contributed by atoms with Crippen LogP contribution in [0.1, 0.15) is 50.0 Å². The Hall–Kier alpha value is -1.99. The first-order chi connectivity index (χ1) is 14.2. The summed E-state index contributed by atoms with van der Waals surface area (Å²) in [5, 5.41) is 1.17. The van der Waals surface area contributed by atoms with Crippen molar-refractivity contribution in [2.24, 2.45) is 0 Å². The minimum atomic E-state index is -0.416. The van der Waals surface area contributed by atoms with Crippen LogP contribution in [0, 0.1) is 0 Å². The molecule has 156 valence electrons. The molecule has 0 spiro atoms. The van der Waals surface area contributed by atoms with E-state index in [1.165, 1.54) is 9.71 Å². The van der Waals surface area contributed by atoms with E-state index in [4.69, 9.17) is 9.72 Å². The second kappa shape index (κ2) is 9.22. The number of likely N-dealkylation sites (tertiary alicyclic amines) is 2. The molecule has 0 unspecified atom stereocenters. The topological polar surface area (TPSA) is 62.7 Å². The van der Waals surface area contributed by atoms with Gasteiger partial charge in [-0.3, -0.25) is 9.69 Å². The molecule has 7 heteroatoms. The van der Waals surface area contributed by atoms with Gasteiger partial charge in [-0.1, -0.05) is 12.1 Å².